The van der Waals surface area contributed by atoms with E-state index in [0.29, 0.717) is 23.0 Å². The molecule has 0 saturated heterocycles. The van der Waals surface area contributed by atoms with Gasteiger partial charge in [-0.25, -0.2) is 4.98 Å². The van der Waals surface area contributed by atoms with Crippen molar-refractivity contribution in [1.82, 2.24) is 4.98 Å². The quantitative estimate of drug-likeness (QED) is 0.536. The third kappa shape index (κ3) is 5.29. The van der Waals surface area contributed by atoms with Crippen LogP contribution >= 0.6 is 22.9 Å². The van der Waals surface area contributed by atoms with E-state index in [-0.39, 0.29) is 23.0 Å². The second kappa shape index (κ2) is 8.66. The van der Waals surface area contributed by atoms with Crippen molar-refractivity contribution in [3.63, 3.8) is 0 Å². The first-order chi connectivity index (χ1) is 13.0. The summed E-state index contributed by atoms with van der Waals surface area (Å²) in [5, 5.41) is 17.2. The summed E-state index contributed by atoms with van der Waals surface area (Å²) < 4.78 is 0. The third-order valence-corrected chi connectivity index (χ3v) is 4.67. The van der Waals surface area contributed by atoms with Crippen LogP contribution in [0.4, 0.5) is 10.8 Å². The van der Waals surface area contributed by atoms with Crippen molar-refractivity contribution < 1.29 is 14.7 Å². The summed E-state index contributed by atoms with van der Waals surface area (Å²) >= 11 is 7.01. The Morgan fingerprint density at radius 3 is 2.67 bits per heavy atom. The molecule has 0 aliphatic carbocycles. The van der Waals surface area contributed by atoms with Crippen molar-refractivity contribution in [1.29, 1.82) is 0 Å². The molecule has 2 aromatic carbocycles. The molecule has 138 valence electrons. The minimum absolute atomic E-state index is 0.0996. The van der Waals surface area contributed by atoms with Crippen LogP contribution in [0.3, 0.4) is 0 Å². The van der Waals surface area contributed by atoms with Crippen molar-refractivity contribution in [3.05, 3.63) is 70.2 Å². The van der Waals surface area contributed by atoms with Crippen LogP contribution in [0.1, 0.15) is 22.5 Å². The van der Waals surface area contributed by atoms with Crippen molar-refractivity contribution in [2.24, 2.45) is 0 Å². The van der Waals surface area contributed by atoms with Crippen LogP contribution in [0.15, 0.2) is 53.9 Å². The molecule has 3 N–H and O–H groups in total. The molecule has 3 rings (SSSR count). The lowest BCUT2D eigenvalue weighted by atomic mass is 10.1. The Labute approximate surface area is 164 Å². The van der Waals surface area contributed by atoms with E-state index in [9.17, 15) is 14.7 Å². The van der Waals surface area contributed by atoms with Gasteiger partial charge in [0.25, 0.3) is 5.91 Å². The van der Waals surface area contributed by atoms with Gasteiger partial charge >= 0.3 is 0 Å². The number of aryl methyl sites for hydroxylation is 1. The maximum absolute atomic E-state index is 12.3. The molecular weight excluding hydrogens is 386 g/mol. The molecule has 1 heterocycles. The number of benzene rings is 2. The highest BCUT2D eigenvalue weighted by molar-refractivity contribution is 7.14. The number of nitrogens with zero attached hydrogens (tertiary/aromatic N) is 1. The van der Waals surface area contributed by atoms with Gasteiger partial charge in [-0.1, -0.05) is 41.9 Å². The molecule has 0 aliphatic rings. The Morgan fingerprint density at radius 2 is 1.89 bits per heavy atom. The van der Waals surface area contributed by atoms with Gasteiger partial charge in [0.15, 0.2) is 5.13 Å². The normalized spacial score (nSPS) is 10.4. The summed E-state index contributed by atoms with van der Waals surface area (Å²) in [6, 6.07) is 14.0. The molecule has 3 aromatic rings. The predicted molar refractivity (Wildman–Crippen MR) is 107 cm³/mol. The van der Waals surface area contributed by atoms with E-state index in [1.807, 2.05) is 30.3 Å². The summed E-state index contributed by atoms with van der Waals surface area (Å²) in [6.45, 7) is 0. The molecule has 1 aromatic heterocycles. The zero-order chi connectivity index (χ0) is 19.2. The minimum atomic E-state index is -0.506. The molecule has 0 spiro atoms. The molecule has 0 aliphatic heterocycles. The van der Waals surface area contributed by atoms with Gasteiger partial charge in [0, 0.05) is 16.8 Å². The number of anilines is 2. The van der Waals surface area contributed by atoms with E-state index in [1.165, 1.54) is 23.6 Å². The second-order valence-corrected chi connectivity index (χ2v) is 6.98. The third-order valence-electron chi connectivity index (χ3n) is 3.67. The Hall–Kier alpha value is -2.90. The van der Waals surface area contributed by atoms with Crippen LogP contribution in [0, 0.1) is 0 Å². The zero-order valence-electron chi connectivity index (χ0n) is 14.1. The zero-order valence-corrected chi connectivity index (χ0v) is 15.7. The fraction of sp³-hybridized carbons (Fsp3) is 0.105. The van der Waals surface area contributed by atoms with Gasteiger partial charge in [-0.15, -0.1) is 11.3 Å². The molecule has 0 unspecified atom stereocenters. The fourth-order valence-electron chi connectivity index (χ4n) is 2.31. The van der Waals surface area contributed by atoms with E-state index < -0.39 is 5.91 Å². The number of hydrogen-bond acceptors (Lipinski definition) is 5. The largest absolute Gasteiger partial charge is 0.506 e. The number of phenolic OH excluding ortho intramolecular Hbond substituents is 1. The van der Waals surface area contributed by atoms with E-state index in [4.69, 9.17) is 11.6 Å². The Balaban J connectivity index is 1.56. The van der Waals surface area contributed by atoms with Crippen molar-refractivity contribution in [3.8, 4) is 5.75 Å². The maximum Gasteiger partial charge on any atom is 0.275 e. The highest BCUT2D eigenvalue weighted by Crippen LogP contribution is 2.27. The number of phenols is 1. The van der Waals surface area contributed by atoms with Crippen LogP contribution in [0.25, 0.3) is 0 Å². The average Bonchev–Trinajstić information content (AvgIpc) is 3.12. The summed E-state index contributed by atoms with van der Waals surface area (Å²) in [7, 11) is 0. The van der Waals surface area contributed by atoms with Gasteiger partial charge in [-0.05, 0) is 30.2 Å². The van der Waals surface area contributed by atoms with Crippen molar-refractivity contribution in [2.75, 3.05) is 10.6 Å². The first-order valence-corrected chi connectivity index (χ1v) is 9.36. The van der Waals surface area contributed by atoms with Crippen LogP contribution in [0.5, 0.6) is 5.75 Å². The van der Waals surface area contributed by atoms with Gasteiger partial charge in [0.05, 0.1) is 5.69 Å². The molecule has 0 fully saturated rings. The van der Waals surface area contributed by atoms with Gasteiger partial charge in [0.1, 0.15) is 11.4 Å². The fourth-order valence-corrected chi connectivity index (χ4v) is 3.19. The first-order valence-electron chi connectivity index (χ1n) is 8.10. The van der Waals surface area contributed by atoms with E-state index in [1.54, 1.807) is 0 Å². The standard InChI is InChI=1S/C19H16ClN3O3S/c20-13-7-8-16(24)14(10-13)21-18(26)15-11-27-19(22-15)23-17(25)9-6-12-4-2-1-3-5-12/h1-5,7-8,10-11,24H,6,9H2,(H,21,26)(H,22,23,25). The summed E-state index contributed by atoms with van der Waals surface area (Å²) in [6.07, 6.45) is 0.945. The number of nitrogens with one attached hydrogen (secondary N) is 2. The van der Waals surface area contributed by atoms with Gasteiger partial charge in [0.2, 0.25) is 5.91 Å². The van der Waals surface area contributed by atoms with Gasteiger partial charge in [-0.2, -0.15) is 0 Å². The van der Waals surface area contributed by atoms with Crippen molar-refractivity contribution >= 4 is 45.6 Å². The summed E-state index contributed by atoms with van der Waals surface area (Å²) in [5.74, 6) is -0.779. The molecular formula is C19H16ClN3O3S. The Bertz CT molecular complexity index is 960. The number of amides is 2. The van der Waals surface area contributed by atoms with Crippen LogP contribution in [-0.4, -0.2) is 21.9 Å². The number of thiazole rings is 1. The maximum atomic E-state index is 12.3. The molecule has 2 amide bonds. The van der Waals surface area contributed by atoms with Gasteiger partial charge in [-0.3, -0.25) is 9.59 Å². The smallest absolute Gasteiger partial charge is 0.275 e. The molecule has 6 nitrogen and oxygen atoms in total. The Morgan fingerprint density at radius 1 is 1.11 bits per heavy atom. The predicted octanol–water partition coefficient (Wildman–Crippen LogP) is 4.33. The number of halogens is 1. The van der Waals surface area contributed by atoms with E-state index in [2.05, 4.69) is 15.6 Å². The molecule has 0 radical (unpaired) electrons. The number of carbonyl (C=O) groups excluding carboxylic acids is 2. The molecule has 0 atom stereocenters. The summed E-state index contributed by atoms with van der Waals surface area (Å²) in [5.41, 5.74) is 1.40. The molecule has 8 heteroatoms. The first kappa shape index (κ1) is 18.9. The van der Waals surface area contributed by atoms with Crippen molar-refractivity contribution in [2.45, 2.75) is 12.8 Å². The molecule has 0 saturated carbocycles. The molecule has 27 heavy (non-hydrogen) atoms. The monoisotopic (exact) mass is 401 g/mol. The lowest BCUT2D eigenvalue weighted by Gasteiger charge is -2.06. The second-order valence-electron chi connectivity index (χ2n) is 5.69. The highest BCUT2D eigenvalue weighted by atomic mass is 35.5. The topological polar surface area (TPSA) is 91.3 Å². The summed E-state index contributed by atoms with van der Waals surface area (Å²) in [4.78, 5) is 28.4. The van der Waals surface area contributed by atoms with Crippen LogP contribution in [0.2, 0.25) is 5.02 Å². The van der Waals surface area contributed by atoms with Gasteiger partial charge < -0.3 is 15.7 Å². The number of carbonyl (C=O) groups is 2. The SMILES string of the molecule is O=C(CCc1ccccc1)Nc1nc(C(=O)Nc2cc(Cl)ccc2O)cs1. The number of hydrogen-bond donors (Lipinski definition) is 3. The lowest BCUT2D eigenvalue weighted by molar-refractivity contribution is -0.116. The average molecular weight is 402 g/mol. The van der Waals surface area contributed by atoms with Crippen LogP contribution < -0.4 is 10.6 Å². The number of aromatic nitrogens is 1. The van der Waals surface area contributed by atoms with E-state index >= 15 is 0 Å². The van der Waals surface area contributed by atoms with Crippen LogP contribution in [-0.2, 0) is 11.2 Å². The molecule has 0 bridgehead atoms. The lowest BCUT2D eigenvalue weighted by Crippen LogP contribution is -2.14. The highest BCUT2D eigenvalue weighted by Gasteiger charge is 2.14. The number of rotatable bonds is 6. The van der Waals surface area contributed by atoms with E-state index in [0.717, 1.165) is 16.9 Å². The number of aromatic hydroxyl groups is 1. The minimum Gasteiger partial charge on any atom is -0.506 e. The Kier molecular flexibility index (Phi) is 6.05.